The Hall–Kier alpha value is -2.96. The highest BCUT2D eigenvalue weighted by Crippen LogP contribution is 2.34. The van der Waals surface area contributed by atoms with Gasteiger partial charge in [0.2, 0.25) is 0 Å². The smallest absolute Gasteiger partial charge is 0.303 e. The highest BCUT2D eigenvalue weighted by Gasteiger charge is 2.31. The van der Waals surface area contributed by atoms with Gasteiger partial charge in [0.15, 0.2) is 0 Å². The molecule has 1 aromatic heterocycles. The number of carboxylic acids is 1. The van der Waals surface area contributed by atoms with Crippen LogP contribution in [0.25, 0.3) is 10.9 Å². The number of carbonyl (C=O) groups is 1. The van der Waals surface area contributed by atoms with E-state index in [0.717, 1.165) is 67.5 Å². The number of benzene rings is 2. The van der Waals surface area contributed by atoms with Crippen LogP contribution in [0.15, 0.2) is 54.7 Å². The molecule has 0 saturated carbocycles. The number of carboxylic acid groups (broad SMARTS) is 1. The lowest BCUT2D eigenvalue weighted by Crippen LogP contribution is -2.42. The zero-order valence-electron chi connectivity index (χ0n) is 21.4. The van der Waals surface area contributed by atoms with Crippen LogP contribution in [0, 0.1) is 18.8 Å². The van der Waals surface area contributed by atoms with Gasteiger partial charge in [-0.3, -0.25) is 9.78 Å². The van der Waals surface area contributed by atoms with Crippen molar-refractivity contribution in [1.82, 2.24) is 9.88 Å². The molecule has 192 valence electrons. The Morgan fingerprint density at radius 1 is 1.17 bits per heavy atom. The Balaban J connectivity index is 1.34. The monoisotopic (exact) mass is 490 g/mol. The van der Waals surface area contributed by atoms with E-state index in [9.17, 15) is 15.0 Å². The number of aliphatic hydroxyl groups excluding tert-OH is 1. The standard InChI is InChI=1S/C30H38N2O4/c1-21-5-7-22(8-6-21)4-3-16-32-17-14-23(24(20-32)18-30(34)35)9-12-29(33)26-13-15-31-28-11-10-25(36-2)19-27(26)28/h5-8,10-11,13,15,19,23-24,29,33H,3-4,9,12,14,16-18,20H2,1-2H3,(H,34,35)/t23-,24+,29+/m1/s1. The molecule has 3 aromatic rings. The van der Waals surface area contributed by atoms with E-state index in [1.807, 2.05) is 24.3 Å². The van der Waals surface area contributed by atoms with E-state index in [4.69, 9.17) is 4.74 Å². The second kappa shape index (κ2) is 12.3. The first kappa shape index (κ1) is 26.1. The molecule has 0 aliphatic carbocycles. The molecule has 36 heavy (non-hydrogen) atoms. The van der Waals surface area contributed by atoms with Crippen molar-refractivity contribution in [3.63, 3.8) is 0 Å². The van der Waals surface area contributed by atoms with Crippen molar-refractivity contribution in [3.8, 4) is 5.75 Å². The van der Waals surface area contributed by atoms with Crippen LogP contribution in [0.3, 0.4) is 0 Å². The molecule has 2 aromatic carbocycles. The summed E-state index contributed by atoms with van der Waals surface area (Å²) in [5.74, 6) is 0.406. The summed E-state index contributed by atoms with van der Waals surface area (Å²) in [6.07, 6.45) is 5.79. The third-order valence-corrected chi connectivity index (χ3v) is 7.63. The Morgan fingerprint density at radius 2 is 1.97 bits per heavy atom. The number of rotatable bonds is 11. The minimum Gasteiger partial charge on any atom is -0.497 e. The second-order valence-electron chi connectivity index (χ2n) is 10.2. The number of hydrogen-bond donors (Lipinski definition) is 2. The number of pyridine rings is 1. The van der Waals surface area contributed by atoms with Crippen molar-refractivity contribution < 1.29 is 19.7 Å². The summed E-state index contributed by atoms with van der Waals surface area (Å²) < 4.78 is 5.36. The van der Waals surface area contributed by atoms with Crippen LogP contribution < -0.4 is 4.74 Å². The number of piperidine rings is 1. The van der Waals surface area contributed by atoms with Gasteiger partial charge in [0, 0.05) is 24.5 Å². The molecular formula is C30H38N2O4. The van der Waals surface area contributed by atoms with E-state index in [-0.39, 0.29) is 12.3 Å². The van der Waals surface area contributed by atoms with Gasteiger partial charge in [0.25, 0.3) is 0 Å². The van der Waals surface area contributed by atoms with Crippen LogP contribution in [-0.4, -0.2) is 52.8 Å². The Morgan fingerprint density at radius 3 is 2.72 bits per heavy atom. The number of aromatic nitrogens is 1. The summed E-state index contributed by atoms with van der Waals surface area (Å²) in [4.78, 5) is 18.5. The Labute approximate surface area is 213 Å². The molecule has 2 heterocycles. The lowest BCUT2D eigenvalue weighted by atomic mass is 9.79. The molecule has 0 unspecified atom stereocenters. The van der Waals surface area contributed by atoms with Crippen LogP contribution in [0.4, 0.5) is 0 Å². The molecular weight excluding hydrogens is 452 g/mol. The maximum absolute atomic E-state index is 11.6. The van der Waals surface area contributed by atoms with Crippen LogP contribution in [0.2, 0.25) is 0 Å². The SMILES string of the molecule is COc1ccc2nccc([C@@H](O)CC[C@@H]3CCN(CCCc4ccc(C)cc4)C[C@@H]3CC(=O)O)c2c1. The number of aryl methyl sites for hydroxylation is 2. The molecule has 3 atom stereocenters. The number of fused-ring (bicyclic) bond motifs is 1. The number of aliphatic carboxylic acids is 1. The van der Waals surface area contributed by atoms with Gasteiger partial charge >= 0.3 is 5.97 Å². The summed E-state index contributed by atoms with van der Waals surface area (Å²) in [7, 11) is 1.63. The zero-order chi connectivity index (χ0) is 25.5. The fourth-order valence-corrected chi connectivity index (χ4v) is 5.55. The van der Waals surface area contributed by atoms with Crippen molar-refractivity contribution in [2.45, 2.75) is 51.6 Å². The molecule has 1 aliphatic heterocycles. The molecule has 0 spiro atoms. The number of nitrogens with zero attached hydrogens (tertiary/aromatic N) is 2. The third kappa shape index (κ3) is 6.83. The fourth-order valence-electron chi connectivity index (χ4n) is 5.55. The topological polar surface area (TPSA) is 82.9 Å². The highest BCUT2D eigenvalue weighted by molar-refractivity contribution is 5.83. The minimum atomic E-state index is -0.737. The van der Waals surface area contributed by atoms with Crippen molar-refractivity contribution in [1.29, 1.82) is 0 Å². The van der Waals surface area contributed by atoms with Gasteiger partial charge in [-0.1, -0.05) is 29.8 Å². The maximum Gasteiger partial charge on any atom is 0.303 e. The van der Waals surface area contributed by atoms with E-state index in [2.05, 4.69) is 41.1 Å². The summed E-state index contributed by atoms with van der Waals surface area (Å²) in [5.41, 5.74) is 4.31. The average Bonchev–Trinajstić information content (AvgIpc) is 2.88. The molecule has 4 rings (SSSR count). The average molecular weight is 491 g/mol. The highest BCUT2D eigenvalue weighted by atomic mass is 16.5. The molecule has 1 saturated heterocycles. The molecule has 0 radical (unpaired) electrons. The van der Waals surface area contributed by atoms with Gasteiger partial charge in [-0.05, 0) is 99.3 Å². The third-order valence-electron chi connectivity index (χ3n) is 7.63. The van der Waals surface area contributed by atoms with Gasteiger partial charge in [-0.25, -0.2) is 0 Å². The zero-order valence-corrected chi connectivity index (χ0v) is 21.4. The number of likely N-dealkylation sites (tertiary alicyclic amines) is 1. The lowest BCUT2D eigenvalue weighted by Gasteiger charge is -2.38. The predicted molar refractivity (Wildman–Crippen MR) is 142 cm³/mol. The number of methoxy groups -OCH3 is 1. The van der Waals surface area contributed by atoms with Crippen LogP contribution >= 0.6 is 0 Å². The Kier molecular flexibility index (Phi) is 8.94. The largest absolute Gasteiger partial charge is 0.497 e. The first-order valence-corrected chi connectivity index (χ1v) is 13.0. The minimum absolute atomic E-state index is 0.108. The first-order valence-electron chi connectivity index (χ1n) is 13.0. The van der Waals surface area contributed by atoms with Crippen LogP contribution in [0.5, 0.6) is 5.75 Å². The molecule has 1 aliphatic rings. The lowest BCUT2D eigenvalue weighted by molar-refractivity contribution is -0.139. The van der Waals surface area contributed by atoms with E-state index in [0.29, 0.717) is 12.3 Å². The summed E-state index contributed by atoms with van der Waals surface area (Å²) >= 11 is 0. The molecule has 6 heteroatoms. The van der Waals surface area contributed by atoms with E-state index >= 15 is 0 Å². The molecule has 0 bridgehead atoms. The quantitative estimate of drug-likeness (QED) is 0.374. The van der Waals surface area contributed by atoms with E-state index < -0.39 is 12.1 Å². The number of ether oxygens (including phenoxy) is 1. The van der Waals surface area contributed by atoms with Crippen LogP contribution in [0.1, 0.15) is 54.9 Å². The summed E-state index contributed by atoms with van der Waals surface area (Å²) in [6.45, 7) is 4.90. The number of aliphatic hydroxyl groups is 1. The van der Waals surface area contributed by atoms with Crippen molar-refractivity contribution >= 4 is 16.9 Å². The van der Waals surface area contributed by atoms with Crippen molar-refractivity contribution in [2.24, 2.45) is 11.8 Å². The number of hydrogen-bond acceptors (Lipinski definition) is 5. The van der Waals surface area contributed by atoms with Crippen LogP contribution in [-0.2, 0) is 11.2 Å². The molecule has 1 fully saturated rings. The predicted octanol–water partition coefficient (Wildman–Crippen LogP) is 5.41. The fraction of sp³-hybridized carbons (Fsp3) is 0.467. The van der Waals surface area contributed by atoms with Crippen molar-refractivity contribution in [3.05, 3.63) is 71.4 Å². The molecule has 0 amide bonds. The second-order valence-corrected chi connectivity index (χ2v) is 10.2. The Bertz CT molecular complexity index is 1150. The van der Waals surface area contributed by atoms with E-state index in [1.165, 1.54) is 11.1 Å². The first-order chi connectivity index (χ1) is 17.4. The van der Waals surface area contributed by atoms with E-state index in [1.54, 1.807) is 13.3 Å². The van der Waals surface area contributed by atoms with Crippen molar-refractivity contribution in [2.75, 3.05) is 26.7 Å². The summed E-state index contributed by atoms with van der Waals surface area (Å²) in [6, 6.07) is 16.3. The van der Waals surface area contributed by atoms with Gasteiger partial charge in [0.1, 0.15) is 5.75 Å². The van der Waals surface area contributed by atoms with Gasteiger partial charge in [-0.15, -0.1) is 0 Å². The van der Waals surface area contributed by atoms with Gasteiger partial charge in [0.05, 0.1) is 18.7 Å². The molecule has 6 nitrogen and oxygen atoms in total. The molecule has 2 N–H and O–H groups in total. The summed E-state index contributed by atoms with van der Waals surface area (Å²) in [5, 5.41) is 21.5. The van der Waals surface area contributed by atoms with Gasteiger partial charge < -0.3 is 19.8 Å². The maximum atomic E-state index is 11.6. The normalized spacial score (nSPS) is 19.3. The van der Waals surface area contributed by atoms with Gasteiger partial charge in [-0.2, -0.15) is 0 Å².